The van der Waals surface area contributed by atoms with Gasteiger partial charge in [-0.2, -0.15) is 0 Å². The van der Waals surface area contributed by atoms with Gasteiger partial charge < -0.3 is 10.6 Å². The van der Waals surface area contributed by atoms with Crippen molar-refractivity contribution in [1.82, 2.24) is 4.98 Å². The average molecular weight is 203 g/mol. The third-order valence-electron chi connectivity index (χ3n) is 3.81. The number of hydrogen-bond acceptors (Lipinski definition) is 3. The minimum atomic E-state index is 0.355. The van der Waals surface area contributed by atoms with Gasteiger partial charge in [0.05, 0.1) is 0 Å². The smallest absolute Gasteiger partial charge is 0.128 e. The van der Waals surface area contributed by atoms with E-state index in [1.54, 1.807) is 0 Å². The highest BCUT2D eigenvalue weighted by Crippen LogP contribution is 2.46. The molecule has 1 aliphatic heterocycles. The molecule has 0 unspecified atom stereocenters. The van der Waals surface area contributed by atoms with E-state index in [2.05, 4.69) is 22.0 Å². The van der Waals surface area contributed by atoms with Crippen LogP contribution in [0.5, 0.6) is 0 Å². The van der Waals surface area contributed by atoms with E-state index >= 15 is 0 Å². The summed E-state index contributed by atoms with van der Waals surface area (Å²) in [5.41, 5.74) is 6.28. The summed E-state index contributed by atoms with van der Waals surface area (Å²) in [5.74, 6) is 1.13. The van der Waals surface area contributed by atoms with E-state index in [9.17, 15) is 0 Å². The molecule has 3 rings (SSSR count). The van der Waals surface area contributed by atoms with Gasteiger partial charge in [0.1, 0.15) is 5.82 Å². The number of pyridine rings is 1. The average Bonchev–Trinajstić information content (AvgIpc) is 2.63. The molecule has 0 atom stereocenters. The number of hydrogen-bond donors (Lipinski definition) is 1. The zero-order valence-electron chi connectivity index (χ0n) is 8.89. The number of aromatic nitrogens is 1. The predicted molar refractivity (Wildman–Crippen MR) is 60.8 cm³/mol. The van der Waals surface area contributed by atoms with Crippen LogP contribution in [0.4, 0.5) is 5.82 Å². The molecule has 2 N–H and O–H groups in total. The van der Waals surface area contributed by atoms with E-state index in [0.717, 1.165) is 25.2 Å². The fraction of sp³-hybridized carbons (Fsp3) is 0.583. The largest absolute Gasteiger partial charge is 0.351 e. The molecule has 3 nitrogen and oxygen atoms in total. The highest BCUT2D eigenvalue weighted by Gasteiger charge is 2.49. The lowest BCUT2D eigenvalue weighted by molar-refractivity contribution is 0.210. The van der Waals surface area contributed by atoms with Gasteiger partial charge in [0.25, 0.3) is 0 Å². The van der Waals surface area contributed by atoms with Gasteiger partial charge in [0, 0.05) is 24.3 Å². The van der Waals surface area contributed by atoms with Gasteiger partial charge in [-0.05, 0) is 37.8 Å². The fourth-order valence-electron chi connectivity index (χ4n) is 3.15. The van der Waals surface area contributed by atoms with E-state index in [-0.39, 0.29) is 0 Å². The maximum Gasteiger partial charge on any atom is 0.128 e. The second-order valence-corrected chi connectivity index (χ2v) is 4.84. The van der Waals surface area contributed by atoms with E-state index in [1.165, 1.54) is 12.8 Å². The summed E-state index contributed by atoms with van der Waals surface area (Å²) in [5, 5.41) is 0. The Morgan fingerprint density at radius 2 is 2.27 bits per heavy atom. The second kappa shape index (κ2) is 3.20. The maximum absolute atomic E-state index is 5.93. The van der Waals surface area contributed by atoms with Crippen LogP contribution in [0.2, 0.25) is 0 Å². The Labute approximate surface area is 90.3 Å². The van der Waals surface area contributed by atoms with Gasteiger partial charge in [-0.15, -0.1) is 0 Å². The molecule has 1 spiro atoms. The second-order valence-electron chi connectivity index (χ2n) is 4.84. The molecular weight excluding hydrogens is 186 g/mol. The Hall–Kier alpha value is -1.09. The Balaban J connectivity index is 1.87. The lowest BCUT2D eigenvalue weighted by Crippen LogP contribution is -2.59. The van der Waals surface area contributed by atoms with Crippen molar-refractivity contribution in [3.8, 4) is 0 Å². The van der Waals surface area contributed by atoms with Crippen molar-refractivity contribution in [1.29, 1.82) is 0 Å². The summed E-state index contributed by atoms with van der Waals surface area (Å²) >= 11 is 0. The minimum Gasteiger partial charge on any atom is -0.351 e. The van der Waals surface area contributed by atoms with Gasteiger partial charge in [-0.3, -0.25) is 0 Å². The lowest BCUT2D eigenvalue weighted by Gasteiger charge is -2.50. The van der Waals surface area contributed by atoms with Crippen LogP contribution in [0.15, 0.2) is 24.4 Å². The van der Waals surface area contributed by atoms with Gasteiger partial charge in [0.2, 0.25) is 0 Å². The molecule has 2 heterocycles. The molecule has 0 radical (unpaired) electrons. The quantitative estimate of drug-likeness (QED) is 0.753. The molecule has 3 heteroatoms. The van der Waals surface area contributed by atoms with Crippen molar-refractivity contribution >= 4 is 5.82 Å². The first-order chi connectivity index (χ1) is 7.30. The van der Waals surface area contributed by atoms with Crippen LogP contribution in [0.3, 0.4) is 0 Å². The molecule has 0 amide bonds. The van der Waals surface area contributed by atoms with E-state index in [1.807, 2.05) is 12.3 Å². The van der Waals surface area contributed by atoms with E-state index in [0.29, 0.717) is 11.6 Å². The maximum atomic E-state index is 5.93. The highest BCUT2D eigenvalue weighted by molar-refractivity contribution is 5.45. The molecule has 1 aromatic heterocycles. The molecular formula is C12H17N3. The summed E-state index contributed by atoms with van der Waals surface area (Å²) in [7, 11) is 0. The third-order valence-corrected chi connectivity index (χ3v) is 3.81. The number of nitrogens with zero attached hydrogens (tertiary/aromatic N) is 2. The lowest BCUT2D eigenvalue weighted by atomic mass is 9.71. The zero-order chi connectivity index (χ0) is 10.3. The summed E-state index contributed by atoms with van der Waals surface area (Å²) in [6.07, 6.45) is 6.73. The highest BCUT2D eigenvalue weighted by atomic mass is 15.3. The molecule has 2 fully saturated rings. The van der Waals surface area contributed by atoms with Crippen LogP contribution < -0.4 is 10.6 Å². The van der Waals surface area contributed by atoms with Crippen LogP contribution in [-0.4, -0.2) is 23.1 Å². The summed E-state index contributed by atoms with van der Waals surface area (Å²) < 4.78 is 0. The van der Waals surface area contributed by atoms with Gasteiger partial charge in [-0.25, -0.2) is 4.98 Å². The normalized spacial score (nSPS) is 34.5. The van der Waals surface area contributed by atoms with Crippen molar-refractivity contribution in [3.63, 3.8) is 0 Å². The van der Waals surface area contributed by atoms with Crippen molar-refractivity contribution < 1.29 is 0 Å². The van der Waals surface area contributed by atoms with Gasteiger partial charge >= 0.3 is 0 Å². The molecule has 0 bridgehead atoms. The monoisotopic (exact) mass is 203 g/mol. The first-order valence-electron chi connectivity index (χ1n) is 5.74. The fourth-order valence-corrected chi connectivity index (χ4v) is 3.15. The van der Waals surface area contributed by atoms with Crippen LogP contribution >= 0.6 is 0 Å². The van der Waals surface area contributed by atoms with Crippen LogP contribution in [0, 0.1) is 0 Å². The van der Waals surface area contributed by atoms with E-state index < -0.39 is 0 Å². The molecule has 1 saturated carbocycles. The molecule has 0 aromatic carbocycles. The minimum absolute atomic E-state index is 0.355. The van der Waals surface area contributed by atoms with Gasteiger partial charge in [0.15, 0.2) is 0 Å². The van der Waals surface area contributed by atoms with Crippen molar-refractivity contribution in [2.45, 2.75) is 37.3 Å². The standard InChI is InChI=1S/C12H17N3/c13-10-8-12(9-10)5-3-7-15(12)11-4-1-2-6-14-11/h1-2,4,6,10H,3,5,7-9,13H2. The summed E-state index contributed by atoms with van der Waals surface area (Å²) in [4.78, 5) is 6.92. The summed E-state index contributed by atoms with van der Waals surface area (Å²) in [6.45, 7) is 1.14. The van der Waals surface area contributed by atoms with Crippen molar-refractivity contribution in [2.24, 2.45) is 5.73 Å². The Morgan fingerprint density at radius 1 is 1.40 bits per heavy atom. The molecule has 1 saturated heterocycles. The first kappa shape index (κ1) is 9.16. The van der Waals surface area contributed by atoms with Gasteiger partial charge in [-0.1, -0.05) is 6.07 Å². The Bertz CT molecular complexity index is 343. The number of anilines is 1. The molecule has 1 aromatic rings. The number of nitrogens with two attached hydrogens (primary N) is 1. The first-order valence-corrected chi connectivity index (χ1v) is 5.74. The van der Waals surface area contributed by atoms with Crippen LogP contribution in [0.1, 0.15) is 25.7 Å². The Kier molecular flexibility index (Phi) is 1.96. The summed E-state index contributed by atoms with van der Waals surface area (Å²) in [6, 6.07) is 6.55. The van der Waals surface area contributed by atoms with E-state index in [4.69, 9.17) is 5.73 Å². The topological polar surface area (TPSA) is 42.1 Å². The SMILES string of the molecule is NC1CC2(CCCN2c2ccccn2)C1. The zero-order valence-corrected chi connectivity index (χ0v) is 8.89. The molecule has 2 aliphatic rings. The Morgan fingerprint density at radius 3 is 2.93 bits per heavy atom. The van der Waals surface area contributed by atoms with Crippen LogP contribution in [-0.2, 0) is 0 Å². The predicted octanol–water partition coefficient (Wildman–Crippen LogP) is 1.54. The van der Waals surface area contributed by atoms with Crippen LogP contribution in [0.25, 0.3) is 0 Å². The number of rotatable bonds is 1. The third kappa shape index (κ3) is 1.34. The molecule has 1 aliphatic carbocycles. The molecule has 80 valence electrons. The van der Waals surface area contributed by atoms with Crippen molar-refractivity contribution in [3.05, 3.63) is 24.4 Å². The molecule has 15 heavy (non-hydrogen) atoms. The van der Waals surface area contributed by atoms with Crippen molar-refractivity contribution in [2.75, 3.05) is 11.4 Å².